The molecule has 2 unspecified atom stereocenters. The van der Waals surface area contributed by atoms with Crippen molar-refractivity contribution in [1.82, 2.24) is 5.32 Å². The third-order valence-corrected chi connectivity index (χ3v) is 4.28. The van der Waals surface area contributed by atoms with Gasteiger partial charge in [0.2, 0.25) is 0 Å². The lowest BCUT2D eigenvalue weighted by molar-refractivity contribution is 0.185. The molecule has 1 fully saturated rings. The second-order valence-electron chi connectivity index (χ2n) is 6.61. The van der Waals surface area contributed by atoms with Gasteiger partial charge in [-0.15, -0.1) is 0 Å². The number of methoxy groups -OCH3 is 1. The van der Waals surface area contributed by atoms with Crippen LogP contribution in [0.5, 0.6) is 0 Å². The molecule has 0 aromatic rings. The van der Waals surface area contributed by atoms with E-state index in [2.05, 4.69) is 32.2 Å². The Balaban J connectivity index is 2.60. The minimum absolute atomic E-state index is 0.321. The summed E-state index contributed by atoms with van der Waals surface area (Å²) in [5, 5.41) is 12.9. The van der Waals surface area contributed by atoms with Crippen molar-refractivity contribution in [3.05, 3.63) is 0 Å². The Bertz CT molecular complexity index is 290. The van der Waals surface area contributed by atoms with Crippen LogP contribution in [0.4, 0.5) is 0 Å². The molecule has 0 spiro atoms. The summed E-state index contributed by atoms with van der Waals surface area (Å²) in [5.74, 6) is 0.733. The average Bonchev–Trinajstić information content (AvgIpc) is 2.52. The normalized spacial score (nSPS) is 29.6. The molecule has 2 atom stereocenters. The van der Waals surface area contributed by atoms with Crippen molar-refractivity contribution in [2.75, 3.05) is 20.3 Å². The molecule has 0 amide bonds. The van der Waals surface area contributed by atoms with Gasteiger partial charge in [0.15, 0.2) is 0 Å². The van der Waals surface area contributed by atoms with Crippen LogP contribution in [0, 0.1) is 22.7 Å². The van der Waals surface area contributed by atoms with Crippen molar-refractivity contribution < 1.29 is 4.74 Å². The maximum atomic E-state index is 9.50. The summed E-state index contributed by atoms with van der Waals surface area (Å²) in [7, 11) is 1.70. The van der Waals surface area contributed by atoms with Gasteiger partial charge in [-0.1, -0.05) is 27.2 Å². The zero-order chi connectivity index (χ0) is 13.6. The number of hydrogen-bond donors (Lipinski definition) is 1. The molecule has 0 heterocycles. The zero-order valence-corrected chi connectivity index (χ0v) is 12.4. The van der Waals surface area contributed by atoms with Gasteiger partial charge in [0.1, 0.15) is 5.54 Å². The van der Waals surface area contributed by atoms with Crippen molar-refractivity contribution in [3.63, 3.8) is 0 Å². The molecule has 1 N–H and O–H groups in total. The number of nitrogens with one attached hydrogen (secondary N) is 1. The number of ether oxygens (including phenoxy) is 1. The van der Waals surface area contributed by atoms with E-state index in [0.717, 1.165) is 38.1 Å². The van der Waals surface area contributed by atoms with Crippen molar-refractivity contribution in [3.8, 4) is 6.07 Å². The van der Waals surface area contributed by atoms with Gasteiger partial charge in [-0.2, -0.15) is 5.26 Å². The van der Waals surface area contributed by atoms with Crippen LogP contribution < -0.4 is 5.32 Å². The molecular formula is C15H28N2O. The minimum Gasteiger partial charge on any atom is -0.383 e. The maximum Gasteiger partial charge on any atom is 0.106 e. The fourth-order valence-corrected chi connectivity index (χ4v) is 2.93. The molecule has 1 aliphatic carbocycles. The topological polar surface area (TPSA) is 45.0 Å². The molecular weight excluding hydrogens is 224 g/mol. The lowest BCUT2D eigenvalue weighted by Gasteiger charge is -2.31. The fourth-order valence-electron chi connectivity index (χ4n) is 2.93. The predicted octanol–water partition coefficient (Wildman–Crippen LogP) is 3.11. The summed E-state index contributed by atoms with van der Waals surface area (Å²) in [4.78, 5) is 0. The smallest absolute Gasteiger partial charge is 0.106 e. The molecule has 3 nitrogen and oxygen atoms in total. The van der Waals surface area contributed by atoms with E-state index in [9.17, 15) is 5.26 Å². The molecule has 0 bridgehead atoms. The van der Waals surface area contributed by atoms with Gasteiger partial charge in [0.25, 0.3) is 0 Å². The first-order valence-corrected chi connectivity index (χ1v) is 7.09. The zero-order valence-electron chi connectivity index (χ0n) is 12.4. The van der Waals surface area contributed by atoms with Gasteiger partial charge in [-0.25, -0.2) is 0 Å². The maximum absolute atomic E-state index is 9.50. The second-order valence-corrected chi connectivity index (χ2v) is 6.61. The van der Waals surface area contributed by atoms with E-state index in [0.29, 0.717) is 12.0 Å². The lowest BCUT2D eigenvalue weighted by Crippen LogP contribution is -2.45. The van der Waals surface area contributed by atoms with E-state index < -0.39 is 0 Å². The van der Waals surface area contributed by atoms with Gasteiger partial charge in [-0.05, 0) is 37.0 Å². The molecule has 0 aliphatic heterocycles. The van der Waals surface area contributed by atoms with Crippen molar-refractivity contribution >= 4 is 0 Å². The summed E-state index contributed by atoms with van der Waals surface area (Å²) in [5.41, 5.74) is 0.0383. The second kappa shape index (κ2) is 6.54. The first-order chi connectivity index (χ1) is 8.43. The molecule has 0 saturated heterocycles. The highest BCUT2D eigenvalue weighted by molar-refractivity contribution is 5.08. The lowest BCUT2D eigenvalue weighted by atomic mass is 9.76. The monoisotopic (exact) mass is 252 g/mol. The highest BCUT2D eigenvalue weighted by Gasteiger charge is 2.35. The highest BCUT2D eigenvalue weighted by Crippen LogP contribution is 2.39. The Labute approximate surface area is 112 Å². The van der Waals surface area contributed by atoms with Crippen LogP contribution in [-0.4, -0.2) is 25.8 Å². The number of nitrogens with zero attached hydrogens (tertiary/aromatic N) is 1. The predicted molar refractivity (Wildman–Crippen MR) is 74.3 cm³/mol. The van der Waals surface area contributed by atoms with E-state index in [4.69, 9.17) is 4.74 Å². The van der Waals surface area contributed by atoms with Gasteiger partial charge >= 0.3 is 0 Å². The quantitative estimate of drug-likeness (QED) is 0.617. The average molecular weight is 252 g/mol. The largest absolute Gasteiger partial charge is 0.383 e. The SMILES string of the molecule is COCCNC1(C#N)CCCC(C(C)(C)C)CC1. The van der Waals surface area contributed by atoms with Crippen molar-refractivity contribution in [2.24, 2.45) is 11.3 Å². The summed E-state index contributed by atoms with van der Waals surface area (Å²) < 4.78 is 5.06. The van der Waals surface area contributed by atoms with Crippen LogP contribution in [0.2, 0.25) is 0 Å². The van der Waals surface area contributed by atoms with Gasteiger partial charge < -0.3 is 4.74 Å². The van der Waals surface area contributed by atoms with Gasteiger partial charge in [0, 0.05) is 13.7 Å². The molecule has 1 aliphatic rings. The van der Waals surface area contributed by atoms with Crippen LogP contribution in [-0.2, 0) is 4.74 Å². The molecule has 1 saturated carbocycles. The minimum atomic E-state index is -0.321. The van der Waals surface area contributed by atoms with E-state index in [-0.39, 0.29) is 5.54 Å². The third kappa shape index (κ3) is 4.26. The Morgan fingerprint density at radius 1 is 1.33 bits per heavy atom. The molecule has 1 rings (SSSR count). The molecule has 104 valence electrons. The van der Waals surface area contributed by atoms with Crippen LogP contribution in [0.1, 0.15) is 52.9 Å². The Hall–Kier alpha value is -0.590. The van der Waals surface area contributed by atoms with Crippen LogP contribution in [0.25, 0.3) is 0 Å². The Kier molecular flexibility index (Phi) is 5.62. The van der Waals surface area contributed by atoms with E-state index >= 15 is 0 Å². The third-order valence-electron chi connectivity index (χ3n) is 4.28. The molecule has 0 aromatic carbocycles. The van der Waals surface area contributed by atoms with E-state index in [1.807, 2.05) is 0 Å². The van der Waals surface area contributed by atoms with E-state index in [1.165, 1.54) is 6.42 Å². The summed E-state index contributed by atoms with van der Waals surface area (Å²) in [6.07, 6.45) is 5.49. The highest BCUT2D eigenvalue weighted by atomic mass is 16.5. The van der Waals surface area contributed by atoms with Gasteiger partial charge in [-0.3, -0.25) is 5.32 Å². The first kappa shape index (κ1) is 15.5. The van der Waals surface area contributed by atoms with Gasteiger partial charge in [0.05, 0.1) is 12.7 Å². The fraction of sp³-hybridized carbons (Fsp3) is 0.933. The van der Waals surface area contributed by atoms with Crippen LogP contribution >= 0.6 is 0 Å². The summed E-state index contributed by atoms with van der Waals surface area (Å²) in [6.45, 7) is 8.39. The number of rotatable bonds is 4. The van der Waals surface area contributed by atoms with Crippen LogP contribution in [0.15, 0.2) is 0 Å². The molecule has 3 heteroatoms. The molecule has 0 radical (unpaired) electrons. The standard InChI is InChI=1S/C15H28N2O/c1-14(2,3)13-6-5-8-15(12-16,9-7-13)17-10-11-18-4/h13,17H,5-11H2,1-4H3. The number of hydrogen-bond acceptors (Lipinski definition) is 3. The Morgan fingerprint density at radius 3 is 2.61 bits per heavy atom. The summed E-state index contributed by atoms with van der Waals surface area (Å²) in [6, 6.07) is 2.52. The molecule has 0 aromatic heterocycles. The van der Waals surface area contributed by atoms with Crippen molar-refractivity contribution in [2.45, 2.75) is 58.4 Å². The van der Waals surface area contributed by atoms with Crippen molar-refractivity contribution in [1.29, 1.82) is 5.26 Å². The Morgan fingerprint density at radius 2 is 2.06 bits per heavy atom. The summed E-state index contributed by atoms with van der Waals surface area (Å²) >= 11 is 0. The first-order valence-electron chi connectivity index (χ1n) is 7.09. The number of nitriles is 1. The molecule has 18 heavy (non-hydrogen) atoms. The van der Waals surface area contributed by atoms with Crippen LogP contribution in [0.3, 0.4) is 0 Å². The van der Waals surface area contributed by atoms with E-state index in [1.54, 1.807) is 7.11 Å².